The first-order chi connectivity index (χ1) is 13.4. The van der Waals surface area contributed by atoms with Crippen molar-refractivity contribution in [1.82, 2.24) is 25.4 Å². The number of pyridine rings is 1. The monoisotopic (exact) mass is 397 g/mol. The van der Waals surface area contributed by atoms with Crippen molar-refractivity contribution in [2.45, 2.75) is 26.4 Å². The van der Waals surface area contributed by atoms with Gasteiger partial charge in [-0.3, -0.25) is 9.59 Å². The van der Waals surface area contributed by atoms with Gasteiger partial charge in [-0.25, -0.2) is 9.67 Å². The van der Waals surface area contributed by atoms with E-state index in [0.29, 0.717) is 5.02 Å². The van der Waals surface area contributed by atoms with Gasteiger partial charge in [0.05, 0.1) is 11.9 Å². The molecule has 3 rings (SSSR count). The van der Waals surface area contributed by atoms with E-state index in [-0.39, 0.29) is 35.8 Å². The predicted molar refractivity (Wildman–Crippen MR) is 107 cm³/mol. The minimum absolute atomic E-state index is 0.0102. The van der Waals surface area contributed by atoms with Crippen LogP contribution < -0.4 is 10.6 Å². The Kier molecular flexibility index (Phi) is 6.06. The molecule has 0 aliphatic carbocycles. The van der Waals surface area contributed by atoms with Crippen molar-refractivity contribution < 1.29 is 9.59 Å². The minimum Gasteiger partial charge on any atom is -0.349 e. The molecule has 2 aromatic heterocycles. The van der Waals surface area contributed by atoms with Crippen LogP contribution in [0.3, 0.4) is 0 Å². The molecule has 0 aliphatic rings. The summed E-state index contributed by atoms with van der Waals surface area (Å²) in [6.45, 7) is 4.01. The summed E-state index contributed by atoms with van der Waals surface area (Å²) >= 11 is 5.89. The third-order valence-electron chi connectivity index (χ3n) is 3.81. The van der Waals surface area contributed by atoms with E-state index >= 15 is 0 Å². The molecular weight excluding hydrogens is 378 g/mol. The molecule has 2 amide bonds. The van der Waals surface area contributed by atoms with Crippen LogP contribution in [0.5, 0.6) is 0 Å². The SMILES string of the molecule is CC(C)NC(=O)c1cccc(C(=O)NCc2cnn(-c3ccc(Cl)cc3)c2)n1. The summed E-state index contributed by atoms with van der Waals surface area (Å²) in [6.07, 6.45) is 3.50. The maximum Gasteiger partial charge on any atom is 0.270 e. The van der Waals surface area contributed by atoms with Gasteiger partial charge in [-0.05, 0) is 50.2 Å². The molecule has 8 heteroatoms. The molecule has 0 unspecified atom stereocenters. The smallest absolute Gasteiger partial charge is 0.270 e. The number of aromatic nitrogens is 3. The van der Waals surface area contributed by atoms with Crippen molar-refractivity contribution >= 4 is 23.4 Å². The van der Waals surface area contributed by atoms with Gasteiger partial charge < -0.3 is 10.6 Å². The Morgan fingerprint density at radius 3 is 2.43 bits per heavy atom. The zero-order chi connectivity index (χ0) is 20.1. The quantitative estimate of drug-likeness (QED) is 0.669. The average molecular weight is 398 g/mol. The number of amides is 2. The van der Waals surface area contributed by atoms with E-state index in [2.05, 4.69) is 20.7 Å². The molecule has 0 fully saturated rings. The van der Waals surface area contributed by atoms with E-state index in [1.54, 1.807) is 41.2 Å². The summed E-state index contributed by atoms with van der Waals surface area (Å²) in [7, 11) is 0. The van der Waals surface area contributed by atoms with Crippen LogP contribution in [-0.2, 0) is 6.54 Å². The lowest BCUT2D eigenvalue weighted by atomic mass is 10.2. The third kappa shape index (κ3) is 4.95. The molecule has 7 nitrogen and oxygen atoms in total. The van der Waals surface area contributed by atoms with E-state index in [1.165, 1.54) is 0 Å². The molecule has 2 N–H and O–H groups in total. The van der Waals surface area contributed by atoms with Crippen LogP contribution in [0.2, 0.25) is 5.02 Å². The minimum atomic E-state index is -0.363. The van der Waals surface area contributed by atoms with Crippen LogP contribution in [0.15, 0.2) is 54.9 Å². The van der Waals surface area contributed by atoms with Gasteiger partial charge in [0.15, 0.2) is 0 Å². The highest BCUT2D eigenvalue weighted by molar-refractivity contribution is 6.30. The number of rotatable bonds is 6. The first-order valence-electron chi connectivity index (χ1n) is 8.78. The molecule has 0 radical (unpaired) electrons. The molecule has 28 heavy (non-hydrogen) atoms. The Hall–Kier alpha value is -3.19. The van der Waals surface area contributed by atoms with E-state index < -0.39 is 0 Å². The summed E-state index contributed by atoms with van der Waals surface area (Å²) in [5, 5.41) is 10.5. The zero-order valence-electron chi connectivity index (χ0n) is 15.5. The number of benzene rings is 1. The molecule has 0 atom stereocenters. The second-order valence-electron chi connectivity index (χ2n) is 6.49. The van der Waals surface area contributed by atoms with Crippen LogP contribution in [0.4, 0.5) is 0 Å². The van der Waals surface area contributed by atoms with Crippen molar-refractivity contribution in [1.29, 1.82) is 0 Å². The molecular formula is C20H20ClN5O2. The van der Waals surface area contributed by atoms with Gasteiger partial charge in [0, 0.05) is 29.4 Å². The standard InChI is InChI=1S/C20H20ClN5O2/c1-13(2)24-20(28)18-5-3-4-17(25-18)19(27)22-10-14-11-23-26(12-14)16-8-6-15(21)7-9-16/h3-9,11-13H,10H2,1-2H3,(H,22,27)(H,24,28). The fourth-order valence-corrected chi connectivity index (χ4v) is 2.61. The van der Waals surface area contributed by atoms with Gasteiger partial charge in [-0.1, -0.05) is 17.7 Å². The van der Waals surface area contributed by atoms with Crippen molar-refractivity contribution in [3.8, 4) is 5.69 Å². The Morgan fingerprint density at radius 1 is 1.07 bits per heavy atom. The number of carbonyl (C=O) groups excluding carboxylic acids is 2. The summed E-state index contributed by atoms with van der Waals surface area (Å²) < 4.78 is 1.70. The highest BCUT2D eigenvalue weighted by atomic mass is 35.5. The van der Waals surface area contributed by atoms with Gasteiger partial charge >= 0.3 is 0 Å². The van der Waals surface area contributed by atoms with Gasteiger partial charge in [-0.15, -0.1) is 0 Å². The van der Waals surface area contributed by atoms with Crippen LogP contribution in [0.1, 0.15) is 40.4 Å². The first kappa shape index (κ1) is 19.6. The Morgan fingerprint density at radius 2 is 1.75 bits per heavy atom. The number of carbonyl (C=O) groups is 2. The van der Waals surface area contributed by atoms with Gasteiger partial charge in [0.2, 0.25) is 0 Å². The maximum absolute atomic E-state index is 12.4. The van der Waals surface area contributed by atoms with Gasteiger partial charge in [0.1, 0.15) is 11.4 Å². The lowest BCUT2D eigenvalue weighted by Gasteiger charge is -2.08. The molecule has 0 aliphatic heterocycles. The average Bonchev–Trinajstić information content (AvgIpc) is 3.15. The van der Waals surface area contributed by atoms with E-state index in [1.807, 2.05) is 32.2 Å². The summed E-state index contributed by atoms with van der Waals surface area (Å²) in [6, 6.07) is 12.1. The third-order valence-corrected chi connectivity index (χ3v) is 4.07. The maximum atomic E-state index is 12.4. The molecule has 1 aromatic carbocycles. The molecule has 3 aromatic rings. The van der Waals surface area contributed by atoms with Crippen molar-refractivity contribution in [3.63, 3.8) is 0 Å². The Bertz CT molecular complexity index is 982. The number of hydrogen-bond donors (Lipinski definition) is 2. The second kappa shape index (κ2) is 8.67. The summed E-state index contributed by atoms with van der Waals surface area (Å²) in [5.74, 6) is -0.674. The number of nitrogens with one attached hydrogen (secondary N) is 2. The summed E-state index contributed by atoms with van der Waals surface area (Å²) in [4.78, 5) is 28.6. The van der Waals surface area contributed by atoms with Crippen LogP contribution in [0, 0.1) is 0 Å². The van der Waals surface area contributed by atoms with Gasteiger partial charge in [-0.2, -0.15) is 5.10 Å². The fourth-order valence-electron chi connectivity index (χ4n) is 2.48. The molecule has 0 spiro atoms. The normalized spacial score (nSPS) is 10.7. The molecule has 0 bridgehead atoms. The number of halogens is 1. The Balaban J connectivity index is 1.63. The second-order valence-corrected chi connectivity index (χ2v) is 6.92. The molecule has 144 valence electrons. The van der Waals surface area contributed by atoms with Gasteiger partial charge in [0.25, 0.3) is 11.8 Å². The lowest BCUT2D eigenvalue weighted by Crippen LogP contribution is -2.31. The van der Waals surface area contributed by atoms with Crippen LogP contribution in [0.25, 0.3) is 5.69 Å². The highest BCUT2D eigenvalue weighted by Gasteiger charge is 2.13. The van der Waals surface area contributed by atoms with Crippen LogP contribution >= 0.6 is 11.6 Å². The van der Waals surface area contributed by atoms with E-state index in [9.17, 15) is 9.59 Å². The van der Waals surface area contributed by atoms with E-state index in [4.69, 9.17) is 11.6 Å². The summed E-state index contributed by atoms with van der Waals surface area (Å²) in [5.41, 5.74) is 2.09. The predicted octanol–water partition coefficient (Wildman–Crippen LogP) is 2.99. The lowest BCUT2D eigenvalue weighted by molar-refractivity contribution is 0.0936. The first-order valence-corrected chi connectivity index (χ1v) is 9.16. The zero-order valence-corrected chi connectivity index (χ0v) is 16.3. The largest absolute Gasteiger partial charge is 0.349 e. The van der Waals surface area contributed by atoms with Crippen molar-refractivity contribution in [3.05, 3.63) is 76.8 Å². The molecule has 2 heterocycles. The highest BCUT2D eigenvalue weighted by Crippen LogP contribution is 2.13. The fraction of sp³-hybridized carbons (Fsp3) is 0.200. The topological polar surface area (TPSA) is 88.9 Å². The number of nitrogens with zero attached hydrogens (tertiary/aromatic N) is 3. The number of hydrogen-bond acceptors (Lipinski definition) is 4. The molecule has 0 saturated heterocycles. The van der Waals surface area contributed by atoms with Crippen molar-refractivity contribution in [2.24, 2.45) is 0 Å². The van der Waals surface area contributed by atoms with Crippen molar-refractivity contribution in [2.75, 3.05) is 0 Å². The Labute approximate surface area is 167 Å². The van der Waals surface area contributed by atoms with E-state index in [0.717, 1.165) is 11.3 Å². The molecule has 0 saturated carbocycles. The van der Waals surface area contributed by atoms with Crippen LogP contribution in [-0.4, -0.2) is 32.6 Å².